The number of rotatable bonds is 4. The van der Waals surface area contributed by atoms with Crippen molar-refractivity contribution in [1.29, 1.82) is 0 Å². The van der Waals surface area contributed by atoms with Crippen molar-refractivity contribution in [3.63, 3.8) is 0 Å². The molecule has 16 heavy (non-hydrogen) atoms. The van der Waals surface area contributed by atoms with E-state index in [1.54, 1.807) is 0 Å². The molecule has 2 fully saturated rings. The minimum Gasteiger partial charge on any atom is -0.354 e. The van der Waals surface area contributed by atoms with Crippen LogP contribution in [0.5, 0.6) is 0 Å². The highest BCUT2D eigenvalue weighted by Gasteiger charge is 2.39. The molecule has 0 bridgehead atoms. The molecule has 1 heterocycles. The molecule has 1 atom stereocenters. The summed E-state index contributed by atoms with van der Waals surface area (Å²) in [4.78, 5) is 12.2. The van der Waals surface area contributed by atoms with Crippen molar-refractivity contribution in [2.24, 2.45) is 11.1 Å². The Bertz CT molecular complexity index is 245. The van der Waals surface area contributed by atoms with Gasteiger partial charge in [-0.1, -0.05) is 12.8 Å². The summed E-state index contributed by atoms with van der Waals surface area (Å²) >= 11 is 1.99. The van der Waals surface area contributed by atoms with Crippen molar-refractivity contribution in [1.82, 2.24) is 5.32 Å². The van der Waals surface area contributed by atoms with Crippen molar-refractivity contribution >= 4 is 17.7 Å². The number of nitrogens with two attached hydrogens (primary N) is 1. The summed E-state index contributed by atoms with van der Waals surface area (Å²) in [6, 6.07) is 0. The van der Waals surface area contributed by atoms with Gasteiger partial charge in [0, 0.05) is 18.3 Å². The third-order valence-corrected chi connectivity index (χ3v) is 5.35. The standard InChI is InChI=1S/C12H22N2OS/c13-9-12(5-1-2-6-12)11(15)14-8-10-4-3-7-16-10/h10H,1-9,13H2,(H,14,15). The van der Waals surface area contributed by atoms with Crippen LogP contribution in [0.1, 0.15) is 38.5 Å². The van der Waals surface area contributed by atoms with Crippen molar-refractivity contribution in [3.05, 3.63) is 0 Å². The zero-order chi connectivity index (χ0) is 11.4. The van der Waals surface area contributed by atoms with E-state index in [9.17, 15) is 4.79 Å². The highest BCUT2D eigenvalue weighted by Crippen LogP contribution is 2.37. The van der Waals surface area contributed by atoms with Gasteiger partial charge in [0.05, 0.1) is 5.41 Å². The molecule has 1 saturated carbocycles. The van der Waals surface area contributed by atoms with Gasteiger partial charge in [-0.05, 0) is 31.4 Å². The maximum absolute atomic E-state index is 12.2. The Morgan fingerprint density at radius 2 is 2.12 bits per heavy atom. The molecule has 92 valence electrons. The van der Waals surface area contributed by atoms with Crippen LogP contribution in [0.25, 0.3) is 0 Å². The Kier molecular flexibility index (Phi) is 4.14. The van der Waals surface area contributed by atoms with Crippen LogP contribution in [-0.4, -0.2) is 30.0 Å². The highest BCUT2D eigenvalue weighted by molar-refractivity contribution is 8.00. The Morgan fingerprint density at radius 3 is 2.69 bits per heavy atom. The molecular weight excluding hydrogens is 220 g/mol. The number of hydrogen-bond acceptors (Lipinski definition) is 3. The van der Waals surface area contributed by atoms with Crippen molar-refractivity contribution in [2.75, 3.05) is 18.8 Å². The second-order valence-corrected chi connectivity index (χ2v) is 6.44. The fourth-order valence-corrected chi connectivity index (χ4v) is 3.98. The van der Waals surface area contributed by atoms with E-state index in [0.717, 1.165) is 32.2 Å². The van der Waals surface area contributed by atoms with E-state index in [1.807, 2.05) is 11.8 Å². The molecule has 0 spiro atoms. The van der Waals surface area contributed by atoms with E-state index in [0.29, 0.717) is 11.8 Å². The summed E-state index contributed by atoms with van der Waals surface area (Å²) < 4.78 is 0. The Hall–Kier alpha value is -0.220. The van der Waals surface area contributed by atoms with Gasteiger partial charge in [0.1, 0.15) is 0 Å². The molecule has 1 aliphatic heterocycles. The van der Waals surface area contributed by atoms with Gasteiger partial charge in [-0.25, -0.2) is 0 Å². The highest BCUT2D eigenvalue weighted by atomic mass is 32.2. The predicted octanol–water partition coefficient (Wildman–Crippen LogP) is 1.52. The average Bonchev–Trinajstić information content (AvgIpc) is 2.97. The smallest absolute Gasteiger partial charge is 0.227 e. The lowest BCUT2D eigenvalue weighted by Gasteiger charge is -2.26. The molecule has 3 N–H and O–H groups in total. The van der Waals surface area contributed by atoms with Gasteiger partial charge in [0.25, 0.3) is 0 Å². The molecule has 2 aliphatic rings. The summed E-state index contributed by atoms with van der Waals surface area (Å²) in [6.45, 7) is 1.35. The van der Waals surface area contributed by atoms with Crippen LogP contribution < -0.4 is 11.1 Å². The first-order valence-corrected chi connectivity index (χ1v) is 7.42. The summed E-state index contributed by atoms with van der Waals surface area (Å²) in [6.07, 6.45) is 6.82. The SMILES string of the molecule is NCC1(C(=O)NCC2CCCS2)CCCC1. The maximum atomic E-state index is 12.2. The van der Waals surface area contributed by atoms with Crippen molar-refractivity contribution in [2.45, 2.75) is 43.8 Å². The van der Waals surface area contributed by atoms with Gasteiger partial charge >= 0.3 is 0 Å². The van der Waals surface area contributed by atoms with E-state index < -0.39 is 0 Å². The molecule has 1 aliphatic carbocycles. The zero-order valence-corrected chi connectivity index (χ0v) is 10.7. The molecule has 0 aromatic heterocycles. The number of hydrogen-bond donors (Lipinski definition) is 2. The minimum atomic E-state index is -0.233. The summed E-state index contributed by atoms with van der Waals surface area (Å²) in [5.41, 5.74) is 5.55. The first kappa shape index (κ1) is 12.2. The van der Waals surface area contributed by atoms with E-state index in [4.69, 9.17) is 5.73 Å². The quantitative estimate of drug-likeness (QED) is 0.786. The van der Waals surface area contributed by atoms with Gasteiger partial charge in [-0.2, -0.15) is 11.8 Å². The van der Waals surface area contributed by atoms with E-state index in [1.165, 1.54) is 18.6 Å². The van der Waals surface area contributed by atoms with Crippen molar-refractivity contribution < 1.29 is 4.79 Å². The third kappa shape index (κ3) is 2.54. The second-order valence-electron chi connectivity index (χ2n) is 5.04. The predicted molar refractivity (Wildman–Crippen MR) is 68.4 cm³/mol. The van der Waals surface area contributed by atoms with Crippen LogP contribution in [0, 0.1) is 5.41 Å². The molecule has 2 rings (SSSR count). The normalized spacial score (nSPS) is 28.2. The monoisotopic (exact) mass is 242 g/mol. The molecular formula is C12H22N2OS. The van der Waals surface area contributed by atoms with Gasteiger partial charge in [-0.3, -0.25) is 4.79 Å². The molecule has 1 amide bonds. The van der Waals surface area contributed by atoms with Crippen LogP contribution in [0.15, 0.2) is 0 Å². The lowest BCUT2D eigenvalue weighted by molar-refractivity contribution is -0.130. The lowest BCUT2D eigenvalue weighted by Crippen LogP contribution is -2.45. The maximum Gasteiger partial charge on any atom is 0.227 e. The Balaban J connectivity index is 1.81. The molecule has 1 unspecified atom stereocenters. The summed E-state index contributed by atoms with van der Waals surface area (Å²) in [5.74, 6) is 1.46. The fourth-order valence-electron chi connectivity index (χ4n) is 2.78. The Labute approximate surface area is 102 Å². The number of carbonyl (C=O) groups is 1. The van der Waals surface area contributed by atoms with Gasteiger partial charge < -0.3 is 11.1 Å². The molecule has 4 heteroatoms. The number of carbonyl (C=O) groups excluding carboxylic acids is 1. The molecule has 0 aromatic rings. The largest absolute Gasteiger partial charge is 0.354 e. The van der Waals surface area contributed by atoms with Gasteiger partial charge in [-0.15, -0.1) is 0 Å². The zero-order valence-electron chi connectivity index (χ0n) is 9.84. The van der Waals surface area contributed by atoms with Gasteiger partial charge in [0.2, 0.25) is 5.91 Å². The molecule has 1 saturated heterocycles. The molecule has 3 nitrogen and oxygen atoms in total. The van der Waals surface area contributed by atoms with Gasteiger partial charge in [0.15, 0.2) is 0 Å². The topological polar surface area (TPSA) is 55.1 Å². The van der Waals surface area contributed by atoms with Crippen LogP contribution in [0.2, 0.25) is 0 Å². The summed E-state index contributed by atoms with van der Waals surface area (Å²) in [5, 5.41) is 3.76. The lowest BCUT2D eigenvalue weighted by atomic mass is 9.85. The third-order valence-electron chi connectivity index (χ3n) is 3.95. The van der Waals surface area contributed by atoms with E-state index in [2.05, 4.69) is 5.32 Å². The Morgan fingerprint density at radius 1 is 1.38 bits per heavy atom. The first-order chi connectivity index (χ1) is 7.77. The van der Waals surface area contributed by atoms with E-state index in [-0.39, 0.29) is 11.3 Å². The van der Waals surface area contributed by atoms with E-state index >= 15 is 0 Å². The van der Waals surface area contributed by atoms with Crippen LogP contribution in [0.4, 0.5) is 0 Å². The summed E-state index contributed by atoms with van der Waals surface area (Å²) in [7, 11) is 0. The first-order valence-electron chi connectivity index (χ1n) is 6.37. The fraction of sp³-hybridized carbons (Fsp3) is 0.917. The molecule has 0 aromatic carbocycles. The van der Waals surface area contributed by atoms with Crippen LogP contribution in [0.3, 0.4) is 0 Å². The minimum absolute atomic E-state index is 0.208. The second kappa shape index (κ2) is 5.41. The molecule has 0 radical (unpaired) electrons. The number of thioether (sulfide) groups is 1. The van der Waals surface area contributed by atoms with Crippen molar-refractivity contribution in [3.8, 4) is 0 Å². The van der Waals surface area contributed by atoms with Crippen LogP contribution in [-0.2, 0) is 4.79 Å². The number of amides is 1. The number of nitrogens with one attached hydrogen (secondary N) is 1. The average molecular weight is 242 g/mol. The van der Waals surface area contributed by atoms with Crippen LogP contribution >= 0.6 is 11.8 Å².